The number of oxime groups is 1. The molecule has 0 aliphatic carbocycles. The molecule has 3 aromatic rings. The van der Waals surface area contributed by atoms with E-state index in [4.69, 9.17) is 11.6 Å². The van der Waals surface area contributed by atoms with Crippen LogP contribution in [0.5, 0.6) is 0 Å². The van der Waals surface area contributed by atoms with Crippen LogP contribution in [0, 0.1) is 0 Å². The van der Waals surface area contributed by atoms with E-state index < -0.39 is 27.7 Å². The van der Waals surface area contributed by atoms with Crippen molar-refractivity contribution in [1.29, 1.82) is 0 Å². The molecule has 0 N–H and O–H groups in total. The lowest BCUT2D eigenvalue weighted by Gasteiger charge is -2.25. The number of benzene rings is 3. The molecule has 0 radical (unpaired) electrons. The van der Waals surface area contributed by atoms with Gasteiger partial charge in [-0.3, -0.25) is 4.31 Å². The predicted molar refractivity (Wildman–Crippen MR) is 133 cm³/mol. The molecule has 2 aliphatic rings. The third-order valence-electron chi connectivity index (χ3n) is 6.36. The Morgan fingerprint density at radius 2 is 1.68 bits per heavy atom. The van der Waals surface area contributed by atoms with Gasteiger partial charge in [-0.1, -0.05) is 41.0 Å². The van der Waals surface area contributed by atoms with Crippen molar-refractivity contribution in [3.63, 3.8) is 0 Å². The van der Waals surface area contributed by atoms with Crippen LogP contribution in [-0.2, 0) is 32.3 Å². The summed E-state index contributed by atoms with van der Waals surface area (Å²) < 4.78 is 67.5. The van der Waals surface area contributed by atoms with Crippen LogP contribution in [0.1, 0.15) is 36.0 Å². The molecule has 5 rings (SSSR count). The lowest BCUT2D eigenvalue weighted by atomic mass is 9.99. The molecule has 0 atom stereocenters. The molecule has 0 aromatic heterocycles. The average molecular weight is 549 g/mol. The molecule has 6 nitrogen and oxygen atoms in total. The van der Waals surface area contributed by atoms with E-state index >= 15 is 0 Å². The normalized spacial score (nSPS) is 16.2. The van der Waals surface area contributed by atoms with Crippen LogP contribution in [0.15, 0.2) is 70.7 Å². The number of alkyl halides is 3. The van der Waals surface area contributed by atoms with Gasteiger partial charge in [0.15, 0.2) is 0 Å². The Balaban J connectivity index is 1.47. The van der Waals surface area contributed by atoms with Gasteiger partial charge in [0.1, 0.15) is 5.71 Å². The Labute approximate surface area is 216 Å². The lowest BCUT2D eigenvalue weighted by molar-refractivity contribution is -0.140. The monoisotopic (exact) mass is 548 g/mol. The van der Waals surface area contributed by atoms with Crippen molar-refractivity contribution in [1.82, 2.24) is 0 Å². The largest absolute Gasteiger partial charge is 0.416 e. The highest BCUT2D eigenvalue weighted by molar-refractivity contribution is 7.92. The van der Waals surface area contributed by atoms with Gasteiger partial charge in [0.2, 0.25) is 0 Å². The summed E-state index contributed by atoms with van der Waals surface area (Å²) in [6, 6.07) is 14.4. The number of carbonyl (C=O) groups is 1. The van der Waals surface area contributed by atoms with E-state index in [1.165, 1.54) is 34.6 Å². The fourth-order valence-electron chi connectivity index (χ4n) is 4.47. The summed E-state index contributed by atoms with van der Waals surface area (Å²) in [5.41, 5.74) is 2.64. The summed E-state index contributed by atoms with van der Waals surface area (Å²) >= 11 is 6.36. The number of carbonyl (C=O) groups excluding carboxylic acids is 1. The van der Waals surface area contributed by atoms with E-state index in [1.54, 1.807) is 12.1 Å². The van der Waals surface area contributed by atoms with Crippen molar-refractivity contribution in [3.8, 4) is 11.1 Å². The van der Waals surface area contributed by atoms with E-state index in [2.05, 4.69) is 9.99 Å². The third-order valence-corrected chi connectivity index (χ3v) is 8.48. The second kappa shape index (κ2) is 9.50. The molecule has 192 valence electrons. The Morgan fingerprint density at radius 1 is 0.946 bits per heavy atom. The number of sulfonamides is 1. The number of fused-ring (bicyclic) bond motifs is 1. The van der Waals surface area contributed by atoms with Crippen molar-refractivity contribution in [3.05, 3.63) is 82.4 Å². The fourth-order valence-corrected chi connectivity index (χ4v) is 6.39. The zero-order valence-corrected chi connectivity index (χ0v) is 20.8. The number of hydrogen-bond acceptors (Lipinski definition) is 5. The smallest absolute Gasteiger partial charge is 0.318 e. The van der Waals surface area contributed by atoms with Crippen LogP contribution < -0.4 is 4.31 Å². The van der Waals surface area contributed by atoms with E-state index in [1.807, 2.05) is 6.07 Å². The zero-order chi connectivity index (χ0) is 26.4. The second-order valence-electron chi connectivity index (χ2n) is 8.77. The highest BCUT2D eigenvalue weighted by Gasteiger charge is 2.31. The van der Waals surface area contributed by atoms with Crippen molar-refractivity contribution in [2.75, 3.05) is 10.8 Å². The minimum Gasteiger partial charge on any atom is -0.318 e. The van der Waals surface area contributed by atoms with Gasteiger partial charge in [-0.15, -0.1) is 0 Å². The average Bonchev–Trinajstić information content (AvgIpc) is 3.17. The molecular formula is C26H20ClF3N2O4S. The second-order valence-corrected chi connectivity index (χ2v) is 11.0. The first-order valence-corrected chi connectivity index (χ1v) is 13.3. The molecule has 0 amide bonds. The molecule has 3 aromatic carbocycles. The van der Waals surface area contributed by atoms with Gasteiger partial charge >= 0.3 is 12.1 Å². The highest BCUT2D eigenvalue weighted by atomic mass is 35.5. The summed E-state index contributed by atoms with van der Waals surface area (Å²) in [6.45, 7) is 0.267. The lowest BCUT2D eigenvalue weighted by Crippen LogP contribution is -2.32. The topological polar surface area (TPSA) is 76.0 Å². The first kappa shape index (κ1) is 25.3. The van der Waals surface area contributed by atoms with Crippen molar-refractivity contribution in [2.24, 2.45) is 5.16 Å². The Bertz CT molecular complexity index is 1520. The molecule has 2 heterocycles. The van der Waals surface area contributed by atoms with Crippen LogP contribution in [0.2, 0.25) is 5.02 Å². The van der Waals surface area contributed by atoms with E-state index in [0.29, 0.717) is 40.9 Å². The summed E-state index contributed by atoms with van der Waals surface area (Å²) in [4.78, 5) is 16.0. The minimum absolute atomic E-state index is 0.00763. The third kappa shape index (κ3) is 4.95. The number of anilines is 1. The molecule has 0 spiro atoms. The van der Waals surface area contributed by atoms with Crippen molar-refractivity contribution >= 4 is 39.0 Å². The van der Waals surface area contributed by atoms with Gasteiger partial charge < -0.3 is 4.84 Å². The maximum atomic E-state index is 13.7. The number of rotatable bonds is 4. The Hall–Kier alpha value is -3.37. The Morgan fingerprint density at radius 3 is 2.32 bits per heavy atom. The maximum absolute atomic E-state index is 13.7. The molecule has 0 saturated carbocycles. The van der Waals surface area contributed by atoms with Gasteiger partial charge in [0, 0.05) is 12.1 Å². The number of nitrogens with zero attached hydrogens (tertiary/aromatic N) is 2. The molecule has 11 heteroatoms. The van der Waals surface area contributed by atoms with Gasteiger partial charge in [-0.2, -0.15) is 13.2 Å². The van der Waals surface area contributed by atoms with E-state index in [9.17, 15) is 26.4 Å². The molecule has 2 aliphatic heterocycles. The van der Waals surface area contributed by atoms with Crippen LogP contribution >= 0.6 is 11.6 Å². The van der Waals surface area contributed by atoms with Crippen molar-refractivity contribution < 1.29 is 31.2 Å². The van der Waals surface area contributed by atoms with Crippen LogP contribution in [0.25, 0.3) is 11.1 Å². The summed E-state index contributed by atoms with van der Waals surface area (Å²) in [5, 5.41) is 3.82. The molecule has 0 unspecified atom stereocenters. The summed E-state index contributed by atoms with van der Waals surface area (Å²) in [5.74, 6) is -0.514. The van der Waals surface area contributed by atoms with Gasteiger partial charge in [-0.25, -0.2) is 13.2 Å². The Kier molecular flexibility index (Phi) is 6.49. The molecule has 0 saturated heterocycles. The number of hydrogen-bond donors (Lipinski definition) is 0. The highest BCUT2D eigenvalue weighted by Crippen LogP contribution is 2.36. The van der Waals surface area contributed by atoms with Gasteiger partial charge in [0.25, 0.3) is 10.0 Å². The first-order valence-electron chi connectivity index (χ1n) is 11.4. The minimum atomic E-state index is -4.42. The van der Waals surface area contributed by atoms with E-state index in [0.717, 1.165) is 24.1 Å². The van der Waals surface area contributed by atoms with Crippen molar-refractivity contribution in [2.45, 2.75) is 36.8 Å². The summed E-state index contributed by atoms with van der Waals surface area (Å²) in [6.07, 6.45) is -2.46. The molecular weight excluding hydrogens is 529 g/mol. The number of aryl methyl sites for hydroxylation is 1. The van der Waals surface area contributed by atoms with Crippen LogP contribution in [-0.4, -0.2) is 26.6 Å². The van der Waals surface area contributed by atoms with Gasteiger partial charge in [0.05, 0.1) is 27.6 Å². The maximum Gasteiger partial charge on any atom is 0.416 e. The number of halogens is 4. The van der Waals surface area contributed by atoms with Crippen LogP contribution in [0.3, 0.4) is 0 Å². The quantitative estimate of drug-likeness (QED) is 0.363. The van der Waals surface area contributed by atoms with E-state index in [-0.39, 0.29) is 22.9 Å². The first-order chi connectivity index (χ1) is 17.5. The molecule has 0 fully saturated rings. The standard InChI is InChI=1S/C26H20ClF3N2O4S/c27-22-14-20(9-10-21(22)23-15-25(33)36-31-23)37(34,35)32-12-2-1-3-18-13-17(6-11-24(18)32)16-4-7-19(8-5-16)26(28,29)30/h4-11,13-14H,1-3,12,15H2. The van der Waals surface area contributed by atoms with Gasteiger partial charge in [-0.05, 0) is 72.4 Å². The SMILES string of the molecule is O=C1CC(c2ccc(S(=O)(=O)N3CCCCc4cc(-c5ccc(C(F)(F)F)cc5)ccc43)cc2Cl)=NO1. The van der Waals surface area contributed by atoms with Crippen LogP contribution in [0.4, 0.5) is 18.9 Å². The molecule has 0 bridgehead atoms. The fraction of sp³-hybridized carbons (Fsp3) is 0.231. The molecule has 37 heavy (non-hydrogen) atoms. The zero-order valence-electron chi connectivity index (χ0n) is 19.3. The predicted octanol–water partition coefficient (Wildman–Crippen LogP) is 6.21. The summed E-state index contributed by atoms with van der Waals surface area (Å²) in [7, 11) is -3.99.